The molecule has 0 aromatic carbocycles. The van der Waals surface area contributed by atoms with Gasteiger partial charge in [0, 0.05) is 20.3 Å². The molecule has 1 heterocycles. The molecule has 0 radical (unpaired) electrons. The number of nitrogens with two attached hydrogens (primary N) is 1. The lowest BCUT2D eigenvalue weighted by Gasteiger charge is -2.08. The molecule has 0 spiro atoms. The fraction of sp³-hybridized carbons (Fsp3) is 0.545. The number of aromatic nitrogens is 1. The van der Waals surface area contributed by atoms with E-state index < -0.39 is 0 Å². The van der Waals surface area contributed by atoms with Crippen LogP contribution in [0.25, 0.3) is 0 Å². The van der Waals surface area contributed by atoms with Gasteiger partial charge in [-0.1, -0.05) is 11.6 Å². The van der Waals surface area contributed by atoms with Gasteiger partial charge in [0.05, 0.1) is 30.1 Å². The van der Waals surface area contributed by atoms with Crippen LogP contribution in [0.3, 0.4) is 0 Å². The monoisotopic (exact) mass is 259 g/mol. The summed E-state index contributed by atoms with van der Waals surface area (Å²) in [5.41, 5.74) is 6.10. The molecule has 0 saturated carbocycles. The second-order valence-corrected chi connectivity index (χ2v) is 3.89. The second-order valence-electron chi connectivity index (χ2n) is 3.48. The molecule has 0 aliphatic heterocycles. The van der Waals surface area contributed by atoms with Crippen LogP contribution in [0, 0.1) is 0 Å². The maximum absolute atomic E-state index is 5.96. The molecule has 0 saturated heterocycles. The zero-order valence-corrected chi connectivity index (χ0v) is 10.7. The van der Waals surface area contributed by atoms with Gasteiger partial charge in [-0.2, -0.15) is 0 Å². The van der Waals surface area contributed by atoms with Crippen molar-refractivity contribution < 1.29 is 9.47 Å². The van der Waals surface area contributed by atoms with Gasteiger partial charge in [-0.25, -0.2) is 4.98 Å². The van der Waals surface area contributed by atoms with Crippen molar-refractivity contribution in [3.05, 3.63) is 17.3 Å². The minimum Gasteiger partial charge on any atom is -0.397 e. The SMILES string of the molecule is COCCOCCCNc1ncc(N)cc1Cl. The van der Waals surface area contributed by atoms with Crippen LogP contribution in [0.1, 0.15) is 6.42 Å². The summed E-state index contributed by atoms with van der Waals surface area (Å²) >= 11 is 5.96. The third-order valence-electron chi connectivity index (χ3n) is 2.05. The first kappa shape index (κ1) is 14.0. The van der Waals surface area contributed by atoms with E-state index in [1.807, 2.05) is 0 Å². The number of rotatable bonds is 8. The predicted octanol–water partition coefficient (Wildman–Crippen LogP) is 1.78. The normalized spacial score (nSPS) is 10.5. The Morgan fingerprint density at radius 3 is 2.94 bits per heavy atom. The van der Waals surface area contributed by atoms with Gasteiger partial charge < -0.3 is 20.5 Å². The highest BCUT2D eigenvalue weighted by molar-refractivity contribution is 6.33. The van der Waals surface area contributed by atoms with E-state index in [0.29, 0.717) is 36.3 Å². The smallest absolute Gasteiger partial charge is 0.144 e. The Hall–Kier alpha value is -1.04. The topological polar surface area (TPSA) is 69.4 Å². The molecular weight excluding hydrogens is 242 g/mol. The lowest BCUT2D eigenvalue weighted by Crippen LogP contribution is -2.09. The average Bonchev–Trinajstić information content (AvgIpc) is 2.30. The maximum Gasteiger partial charge on any atom is 0.144 e. The third kappa shape index (κ3) is 5.72. The van der Waals surface area contributed by atoms with E-state index in [1.54, 1.807) is 19.4 Å². The molecule has 0 unspecified atom stereocenters. The highest BCUT2D eigenvalue weighted by Crippen LogP contribution is 2.20. The van der Waals surface area contributed by atoms with Gasteiger partial charge in [-0.3, -0.25) is 0 Å². The molecular formula is C11H18ClN3O2. The van der Waals surface area contributed by atoms with Crippen molar-refractivity contribution in [3.8, 4) is 0 Å². The van der Waals surface area contributed by atoms with Crippen molar-refractivity contribution in [3.63, 3.8) is 0 Å². The summed E-state index contributed by atoms with van der Waals surface area (Å²) in [4.78, 5) is 4.10. The fourth-order valence-electron chi connectivity index (χ4n) is 1.21. The van der Waals surface area contributed by atoms with Crippen LogP contribution in [-0.4, -0.2) is 38.5 Å². The van der Waals surface area contributed by atoms with Crippen LogP contribution in [0.15, 0.2) is 12.3 Å². The Balaban J connectivity index is 2.14. The Kier molecular flexibility index (Phi) is 6.69. The minimum atomic E-state index is 0.533. The van der Waals surface area contributed by atoms with Crippen LogP contribution in [-0.2, 0) is 9.47 Å². The van der Waals surface area contributed by atoms with Crippen molar-refractivity contribution in [1.82, 2.24) is 4.98 Å². The van der Waals surface area contributed by atoms with E-state index in [-0.39, 0.29) is 0 Å². The Morgan fingerprint density at radius 2 is 2.24 bits per heavy atom. The summed E-state index contributed by atoms with van der Waals surface area (Å²) < 4.78 is 10.2. The third-order valence-corrected chi connectivity index (χ3v) is 2.34. The molecule has 0 aliphatic carbocycles. The summed E-state index contributed by atoms with van der Waals surface area (Å²) in [5.74, 6) is 0.651. The Morgan fingerprint density at radius 1 is 1.41 bits per heavy atom. The van der Waals surface area contributed by atoms with E-state index in [1.165, 1.54) is 0 Å². The summed E-state index contributed by atoms with van der Waals surface area (Å²) in [7, 11) is 1.65. The lowest BCUT2D eigenvalue weighted by molar-refractivity contribution is 0.0705. The zero-order chi connectivity index (χ0) is 12.5. The van der Waals surface area contributed by atoms with E-state index in [2.05, 4.69) is 10.3 Å². The first-order valence-corrected chi connectivity index (χ1v) is 5.83. The van der Waals surface area contributed by atoms with Gasteiger partial charge >= 0.3 is 0 Å². The number of ether oxygens (including phenoxy) is 2. The number of nitrogens with one attached hydrogen (secondary N) is 1. The highest BCUT2D eigenvalue weighted by Gasteiger charge is 2.00. The molecule has 3 N–H and O–H groups in total. The second kappa shape index (κ2) is 8.11. The molecule has 0 bridgehead atoms. The van der Waals surface area contributed by atoms with Gasteiger partial charge in [0.1, 0.15) is 5.82 Å². The van der Waals surface area contributed by atoms with Gasteiger partial charge in [0.15, 0.2) is 0 Å². The number of anilines is 2. The van der Waals surface area contributed by atoms with E-state index in [0.717, 1.165) is 13.0 Å². The van der Waals surface area contributed by atoms with Crippen LogP contribution in [0.5, 0.6) is 0 Å². The quantitative estimate of drug-likeness (QED) is 0.697. The molecule has 17 heavy (non-hydrogen) atoms. The standard InChI is InChI=1S/C11H18ClN3O2/c1-16-5-6-17-4-2-3-14-11-10(12)7-9(13)8-15-11/h7-8H,2-6,13H2,1H3,(H,14,15). The molecule has 1 aromatic rings. The maximum atomic E-state index is 5.96. The van der Waals surface area contributed by atoms with Crippen molar-refractivity contribution >= 4 is 23.1 Å². The molecule has 0 aliphatic rings. The van der Waals surface area contributed by atoms with Crippen LogP contribution < -0.4 is 11.1 Å². The van der Waals surface area contributed by atoms with E-state index in [4.69, 9.17) is 26.8 Å². The lowest BCUT2D eigenvalue weighted by atomic mass is 10.4. The minimum absolute atomic E-state index is 0.533. The van der Waals surface area contributed by atoms with Crippen molar-refractivity contribution in [2.24, 2.45) is 0 Å². The number of halogens is 1. The Bertz CT molecular complexity index is 336. The number of nitrogen functional groups attached to an aromatic ring is 1. The van der Waals surface area contributed by atoms with Crippen molar-refractivity contribution in [2.45, 2.75) is 6.42 Å². The van der Waals surface area contributed by atoms with Gasteiger partial charge in [-0.15, -0.1) is 0 Å². The highest BCUT2D eigenvalue weighted by atomic mass is 35.5. The van der Waals surface area contributed by atoms with Crippen molar-refractivity contribution in [1.29, 1.82) is 0 Å². The molecule has 0 amide bonds. The number of hydrogen-bond acceptors (Lipinski definition) is 5. The number of hydrogen-bond donors (Lipinski definition) is 2. The van der Waals surface area contributed by atoms with Crippen LogP contribution >= 0.6 is 11.6 Å². The first-order valence-electron chi connectivity index (χ1n) is 5.45. The summed E-state index contributed by atoms with van der Waals surface area (Å²) in [6.45, 7) is 2.68. The molecule has 0 atom stereocenters. The zero-order valence-electron chi connectivity index (χ0n) is 9.91. The van der Waals surface area contributed by atoms with Gasteiger partial charge in [0.2, 0.25) is 0 Å². The number of nitrogens with zero attached hydrogens (tertiary/aromatic N) is 1. The van der Waals surface area contributed by atoms with Gasteiger partial charge in [-0.05, 0) is 12.5 Å². The summed E-state index contributed by atoms with van der Waals surface area (Å²) in [6, 6.07) is 1.67. The average molecular weight is 260 g/mol. The number of pyridine rings is 1. The predicted molar refractivity (Wildman–Crippen MR) is 69.5 cm³/mol. The summed E-state index contributed by atoms with van der Waals surface area (Å²) in [6.07, 6.45) is 2.45. The molecule has 0 fully saturated rings. The molecule has 1 aromatic heterocycles. The molecule has 6 heteroatoms. The van der Waals surface area contributed by atoms with E-state index >= 15 is 0 Å². The Labute approximate surface area is 106 Å². The molecule has 1 rings (SSSR count). The van der Waals surface area contributed by atoms with Crippen LogP contribution in [0.2, 0.25) is 5.02 Å². The van der Waals surface area contributed by atoms with Crippen molar-refractivity contribution in [2.75, 3.05) is 44.5 Å². The molecule has 5 nitrogen and oxygen atoms in total. The van der Waals surface area contributed by atoms with Gasteiger partial charge in [0.25, 0.3) is 0 Å². The fourth-order valence-corrected chi connectivity index (χ4v) is 1.45. The van der Waals surface area contributed by atoms with Crippen LogP contribution in [0.4, 0.5) is 11.5 Å². The number of methoxy groups -OCH3 is 1. The molecule has 96 valence electrons. The largest absolute Gasteiger partial charge is 0.397 e. The summed E-state index contributed by atoms with van der Waals surface area (Å²) in [5, 5.41) is 3.65. The van der Waals surface area contributed by atoms with E-state index in [9.17, 15) is 0 Å². The first-order chi connectivity index (χ1) is 8.24.